The lowest BCUT2D eigenvalue weighted by Gasteiger charge is -2.35. The van der Waals surface area contributed by atoms with Crippen molar-refractivity contribution >= 4 is 11.8 Å². The number of primary amides is 1. The Hall–Kier alpha value is -1.85. The normalized spacial score (nSPS) is 23.4. The monoisotopic (exact) mass is 262 g/mol. The van der Waals surface area contributed by atoms with E-state index in [1.165, 1.54) is 0 Å². The number of carbonyl (C=O) groups is 2. The highest BCUT2D eigenvalue weighted by Crippen LogP contribution is 2.37. The molecule has 2 aliphatic rings. The van der Waals surface area contributed by atoms with E-state index in [-0.39, 0.29) is 23.6 Å². The molecule has 6 nitrogen and oxygen atoms in total. The van der Waals surface area contributed by atoms with Crippen molar-refractivity contribution in [1.82, 2.24) is 15.1 Å². The topological polar surface area (TPSA) is 92.1 Å². The van der Waals surface area contributed by atoms with Gasteiger partial charge in [-0.1, -0.05) is 0 Å². The molecule has 1 aliphatic carbocycles. The van der Waals surface area contributed by atoms with Crippen molar-refractivity contribution in [2.75, 3.05) is 6.54 Å². The third kappa shape index (κ3) is 2.34. The summed E-state index contributed by atoms with van der Waals surface area (Å²) in [5.41, 5.74) is 6.26. The van der Waals surface area contributed by atoms with E-state index in [2.05, 4.69) is 10.2 Å². The number of hydrogen-bond donors (Lipinski definition) is 2. The van der Waals surface area contributed by atoms with Gasteiger partial charge in [0.25, 0.3) is 5.91 Å². The predicted octanol–water partition coefficient (Wildman–Crippen LogP) is 0.972. The average molecular weight is 262 g/mol. The molecule has 3 N–H and O–H groups in total. The number of aromatic nitrogens is 2. The van der Waals surface area contributed by atoms with E-state index >= 15 is 0 Å². The Morgan fingerprint density at radius 3 is 2.74 bits per heavy atom. The molecule has 3 rings (SSSR count). The highest BCUT2D eigenvalue weighted by atomic mass is 16.2. The van der Waals surface area contributed by atoms with Crippen molar-refractivity contribution in [2.24, 2.45) is 11.7 Å². The molecule has 1 atom stereocenters. The van der Waals surface area contributed by atoms with Crippen molar-refractivity contribution in [3.05, 3.63) is 17.5 Å². The minimum absolute atomic E-state index is 0.0162. The summed E-state index contributed by atoms with van der Waals surface area (Å²) < 4.78 is 0. The molecule has 1 aromatic rings. The fourth-order valence-electron chi connectivity index (χ4n) is 2.72. The maximum absolute atomic E-state index is 12.3. The van der Waals surface area contributed by atoms with Crippen molar-refractivity contribution in [3.8, 4) is 0 Å². The summed E-state index contributed by atoms with van der Waals surface area (Å²) in [6, 6.07) is 1.69. The van der Waals surface area contributed by atoms with E-state index in [1.807, 2.05) is 4.90 Å². The van der Waals surface area contributed by atoms with Gasteiger partial charge >= 0.3 is 0 Å². The summed E-state index contributed by atoms with van der Waals surface area (Å²) >= 11 is 0. The number of likely N-dealkylation sites (tertiary alicyclic amines) is 1. The van der Waals surface area contributed by atoms with Gasteiger partial charge in [-0.3, -0.25) is 14.7 Å². The molecule has 102 valence electrons. The molecule has 2 amide bonds. The zero-order chi connectivity index (χ0) is 13.4. The number of carbonyl (C=O) groups excluding carboxylic acids is 2. The van der Waals surface area contributed by atoms with E-state index < -0.39 is 5.91 Å². The maximum Gasteiger partial charge on any atom is 0.269 e. The van der Waals surface area contributed by atoms with Gasteiger partial charge in [0.05, 0.1) is 11.7 Å². The van der Waals surface area contributed by atoms with E-state index in [0.717, 1.165) is 44.3 Å². The number of amides is 2. The molecule has 6 heteroatoms. The quantitative estimate of drug-likeness (QED) is 0.850. The van der Waals surface area contributed by atoms with E-state index in [1.54, 1.807) is 6.07 Å². The number of nitrogens with two attached hydrogens (primary N) is 1. The SMILES string of the molecule is NC(=O)c1cc([C@H]2CCCCN2C(=O)C2CC2)[nH]n1. The van der Waals surface area contributed by atoms with Crippen LogP contribution in [-0.4, -0.2) is 33.5 Å². The van der Waals surface area contributed by atoms with E-state index in [4.69, 9.17) is 5.73 Å². The van der Waals surface area contributed by atoms with E-state index in [0.29, 0.717) is 0 Å². The summed E-state index contributed by atoms with van der Waals surface area (Å²) in [4.78, 5) is 25.3. The van der Waals surface area contributed by atoms with Crippen LogP contribution in [0.4, 0.5) is 0 Å². The first-order chi connectivity index (χ1) is 9.16. The predicted molar refractivity (Wildman–Crippen MR) is 68.1 cm³/mol. The molecule has 0 aromatic carbocycles. The molecular weight excluding hydrogens is 244 g/mol. The maximum atomic E-state index is 12.3. The second kappa shape index (κ2) is 4.68. The Bertz CT molecular complexity index is 506. The zero-order valence-electron chi connectivity index (χ0n) is 10.8. The lowest BCUT2D eigenvalue weighted by atomic mass is 9.98. The number of H-pyrrole nitrogens is 1. The molecule has 0 radical (unpaired) electrons. The van der Waals surface area contributed by atoms with Crippen LogP contribution in [0, 0.1) is 5.92 Å². The van der Waals surface area contributed by atoms with Gasteiger partial charge in [0, 0.05) is 12.5 Å². The highest BCUT2D eigenvalue weighted by Gasteiger charge is 2.38. The second-order valence-electron chi connectivity index (χ2n) is 5.39. The molecule has 19 heavy (non-hydrogen) atoms. The summed E-state index contributed by atoms with van der Waals surface area (Å²) in [6.07, 6.45) is 5.07. The molecule has 0 unspecified atom stereocenters. The molecule has 1 aromatic heterocycles. The number of piperidine rings is 1. The zero-order valence-corrected chi connectivity index (χ0v) is 10.8. The van der Waals surface area contributed by atoms with Crippen LogP contribution in [-0.2, 0) is 4.79 Å². The number of aromatic amines is 1. The Kier molecular flexibility index (Phi) is 3.00. The molecule has 2 fully saturated rings. The van der Waals surface area contributed by atoms with Gasteiger partial charge in [0.1, 0.15) is 5.69 Å². The molecule has 0 bridgehead atoms. The fourth-order valence-corrected chi connectivity index (χ4v) is 2.72. The number of nitrogens with zero attached hydrogens (tertiary/aromatic N) is 2. The van der Waals surface area contributed by atoms with Gasteiger partial charge < -0.3 is 10.6 Å². The second-order valence-corrected chi connectivity index (χ2v) is 5.39. The Labute approximate surface area is 111 Å². The fraction of sp³-hybridized carbons (Fsp3) is 0.615. The third-order valence-electron chi connectivity index (χ3n) is 3.92. The smallest absolute Gasteiger partial charge is 0.269 e. The van der Waals surface area contributed by atoms with Gasteiger partial charge in [-0.2, -0.15) is 5.10 Å². The standard InChI is InChI=1S/C13H18N4O2/c14-12(18)10-7-9(15-16-10)11-3-1-2-6-17(11)13(19)8-4-5-8/h7-8,11H,1-6H2,(H2,14,18)(H,15,16)/t11-/m1/s1. The van der Waals surface area contributed by atoms with Gasteiger partial charge in [-0.15, -0.1) is 0 Å². The minimum atomic E-state index is -0.543. The van der Waals surface area contributed by atoms with Gasteiger partial charge in [0.15, 0.2) is 0 Å². The minimum Gasteiger partial charge on any atom is -0.364 e. The summed E-state index contributed by atoms with van der Waals surface area (Å²) in [6.45, 7) is 0.797. The average Bonchev–Trinajstić information content (AvgIpc) is 3.14. The number of rotatable bonds is 3. The molecular formula is C13H18N4O2. The summed E-state index contributed by atoms with van der Waals surface area (Å²) in [5.74, 6) is -0.0718. The first-order valence-electron chi connectivity index (χ1n) is 6.82. The van der Waals surface area contributed by atoms with Crippen LogP contribution in [0.1, 0.15) is 54.3 Å². The molecule has 1 aliphatic heterocycles. The summed E-state index contributed by atoms with van der Waals surface area (Å²) in [7, 11) is 0. The lowest BCUT2D eigenvalue weighted by molar-refractivity contribution is -0.136. The van der Waals surface area contributed by atoms with Crippen LogP contribution in [0.3, 0.4) is 0 Å². The summed E-state index contributed by atoms with van der Waals surface area (Å²) in [5, 5.41) is 6.76. The molecule has 1 saturated heterocycles. The number of hydrogen-bond acceptors (Lipinski definition) is 3. The molecule has 2 heterocycles. The van der Waals surface area contributed by atoms with Gasteiger partial charge in [0.2, 0.25) is 5.91 Å². The Morgan fingerprint density at radius 2 is 2.11 bits per heavy atom. The van der Waals surface area contributed by atoms with Crippen LogP contribution >= 0.6 is 0 Å². The first kappa shape index (κ1) is 12.2. The van der Waals surface area contributed by atoms with Crippen molar-refractivity contribution in [3.63, 3.8) is 0 Å². The van der Waals surface area contributed by atoms with Crippen LogP contribution in [0.15, 0.2) is 6.07 Å². The van der Waals surface area contributed by atoms with Crippen LogP contribution in [0.2, 0.25) is 0 Å². The Morgan fingerprint density at radius 1 is 1.32 bits per heavy atom. The lowest BCUT2D eigenvalue weighted by Crippen LogP contribution is -2.39. The van der Waals surface area contributed by atoms with Gasteiger partial charge in [-0.05, 0) is 38.2 Å². The van der Waals surface area contributed by atoms with Crippen LogP contribution in [0.5, 0.6) is 0 Å². The molecule has 1 saturated carbocycles. The first-order valence-corrected chi connectivity index (χ1v) is 6.82. The molecule has 0 spiro atoms. The van der Waals surface area contributed by atoms with Gasteiger partial charge in [-0.25, -0.2) is 0 Å². The van der Waals surface area contributed by atoms with Crippen molar-refractivity contribution in [1.29, 1.82) is 0 Å². The van der Waals surface area contributed by atoms with E-state index in [9.17, 15) is 9.59 Å². The van der Waals surface area contributed by atoms with Crippen molar-refractivity contribution in [2.45, 2.75) is 38.1 Å². The highest BCUT2D eigenvalue weighted by molar-refractivity contribution is 5.90. The third-order valence-corrected chi connectivity index (χ3v) is 3.92. The van der Waals surface area contributed by atoms with Crippen LogP contribution < -0.4 is 5.73 Å². The van der Waals surface area contributed by atoms with Crippen LogP contribution in [0.25, 0.3) is 0 Å². The largest absolute Gasteiger partial charge is 0.364 e. The van der Waals surface area contributed by atoms with Crippen molar-refractivity contribution < 1.29 is 9.59 Å². The number of nitrogens with one attached hydrogen (secondary N) is 1. The Balaban J connectivity index is 1.82.